The highest BCUT2D eigenvalue weighted by molar-refractivity contribution is 5.73. The van der Waals surface area contributed by atoms with E-state index < -0.39 is 17.3 Å². The highest BCUT2D eigenvalue weighted by Gasteiger charge is 2.48. The molecule has 1 saturated heterocycles. The number of aromatic nitrogens is 1. The van der Waals surface area contributed by atoms with Gasteiger partial charge in [-0.05, 0) is 17.2 Å². The molecule has 0 saturated carbocycles. The molecule has 2 heterocycles. The van der Waals surface area contributed by atoms with Gasteiger partial charge in [0.1, 0.15) is 0 Å². The molecule has 0 radical (unpaired) electrons. The third kappa shape index (κ3) is 2.74. The SMILES string of the molecule is C[C@@]1(c2cccnc2)CN(Cc2ccccc2)C[C@H]1C(=O)O. The number of likely N-dealkylation sites (tertiary alicyclic amines) is 1. The summed E-state index contributed by atoms with van der Waals surface area (Å²) in [7, 11) is 0. The van der Waals surface area contributed by atoms with Crippen LogP contribution in [0, 0.1) is 5.92 Å². The lowest BCUT2D eigenvalue weighted by atomic mass is 9.75. The first-order valence-corrected chi connectivity index (χ1v) is 7.49. The Kier molecular flexibility index (Phi) is 3.94. The van der Waals surface area contributed by atoms with Crippen LogP contribution in [0.25, 0.3) is 0 Å². The lowest BCUT2D eigenvalue weighted by Gasteiger charge is -2.28. The molecule has 114 valence electrons. The van der Waals surface area contributed by atoms with Crippen molar-refractivity contribution in [3.05, 3.63) is 66.0 Å². The molecule has 1 aromatic heterocycles. The zero-order valence-electron chi connectivity index (χ0n) is 12.6. The summed E-state index contributed by atoms with van der Waals surface area (Å²) < 4.78 is 0. The summed E-state index contributed by atoms with van der Waals surface area (Å²) >= 11 is 0. The van der Waals surface area contributed by atoms with Crippen LogP contribution < -0.4 is 0 Å². The van der Waals surface area contributed by atoms with Crippen molar-refractivity contribution in [3.8, 4) is 0 Å². The number of pyridine rings is 1. The van der Waals surface area contributed by atoms with Crippen molar-refractivity contribution in [2.24, 2.45) is 5.92 Å². The van der Waals surface area contributed by atoms with Crippen molar-refractivity contribution in [3.63, 3.8) is 0 Å². The third-order valence-electron chi connectivity index (χ3n) is 4.63. The van der Waals surface area contributed by atoms with Crippen molar-refractivity contribution in [1.82, 2.24) is 9.88 Å². The van der Waals surface area contributed by atoms with Crippen LogP contribution in [0.2, 0.25) is 0 Å². The van der Waals surface area contributed by atoms with E-state index in [-0.39, 0.29) is 0 Å². The molecule has 1 N–H and O–H groups in total. The second-order valence-corrected chi connectivity index (χ2v) is 6.21. The Hall–Kier alpha value is -2.20. The van der Waals surface area contributed by atoms with E-state index in [0.717, 1.165) is 18.7 Å². The standard InChI is InChI=1S/C18H20N2O2/c1-18(15-8-5-9-19-10-15)13-20(12-16(18)17(21)22)11-14-6-3-2-4-7-14/h2-10,16H,11-13H2,1H3,(H,21,22)/t16-,18-/m0/s1. The molecule has 1 aliphatic rings. The van der Waals surface area contributed by atoms with Gasteiger partial charge in [-0.15, -0.1) is 0 Å². The van der Waals surface area contributed by atoms with Crippen LogP contribution in [0.4, 0.5) is 0 Å². The quantitative estimate of drug-likeness (QED) is 0.942. The van der Waals surface area contributed by atoms with Gasteiger partial charge < -0.3 is 5.11 Å². The van der Waals surface area contributed by atoms with Crippen LogP contribution in [0.5, 0.6) is 0 Å². The molecule has 0 bridgehead atoms. The minimum Gasteiger partial charge on any atom is -0.481 e. The summed E-state index contributed by atoms with van der Waals surface area (Å²) in [6.45, 7) is 4.11. The first-order valence-electron chi connectivity index (χ1n) is 7.49. The van der Waals surface area contributed by atoms with Crippen molar-refractivity contribution in [2.75, 3.05) is 13.1 Å². The van der Waals surface area contributed by atoms with E-state index in [1.165, 1.54) is 5.56 Å². The Balaban J connectivity index is 1.85. The number of aliphatic carboxylic acids is 1. The lowest BCUT2D eigenvalue weighted by Crippen LogP contribution is -2.36. The second-order valence-electron chi connectivity index (χ2n) is 6.21. The summed E-state index contributed by atoms with van der Waals surface area (Å²) in [5, 5.41) is 9.65. The van der Waals surface area contributed by atoms with Gasteiger partial charge in [0.05, 0.1) is 5.92 Å². The number of carbonyl (C=O) groups is 1. The predicted octanol–water partition coefficient (Wildman–Crippen LogP) is 2.56. The van der Waals surface area contributed by atoms with E-state index >= 15 is 0 Å². The molecular formula is C18H20N2O2. The number of rotatable bonds is 4. The van der Waals surface area contributed by atoms with Crippen molar-refractivity contribution >= 4 is 5.97 Å². The Bertz CT molecular complexity index is 645. The first-order chi connectivity index (χ1) is 10.6. The summed E-state index contributed by atoms with van der Waals surface area (Å²) in [5.41, 5.74) is 1.80. The van der Waals surface area contributed by atoms with E-state index in [4.69, 9.17) is 0 Å². The monoisotopic (exact) mass is 296 g/mol. The molecule has 4 nitrogen and oxygen atoms in total. The van der Waals surface area contributed by atoms with Crippen molar-refractivity contribution in [2.45, 2.75) is 18.9 Å². The number of carboxylic acids is 1. The molecule has 3 rings (SSSR count). The highest BCUT2D eigenvalue weighted by Crippen LogP contribution is 2.39. The molecule has 0 spiro atoms. The summed E-state index contributed by atoms with van der Waals surface area (Å²) in [6.07, 6.45) is 3.52. The molecule has 22 heavy (non-hydrogen) atoms. The summed E-state index contributed by atoms with van der Waals surface area (Å²) in [6, 6.07) is 14.0. The van der Waals surface area contributed by atoms with Crippen LogP contribution in [0.3, 0.4) is 0 Å². The highest BCUT2D eigenvalue weighted by atomic mass is 16.4. The van der Waals surface area contributed by atoms with Gasteiger partial charge in [-0.1, -0.05) is 43.3 Å². The Morgan fingerprint density at radius 2 is 2.09 bits per heavy atom. The first kappa shape index (κ1) is 14.7. The van der Waals surface area contributed by atoms with Gasteiger partial charge in [-0.2, -0.15) is 0 Å². The smallest absolute Gasteiger partial charge is 0.308 e. The fourth-order valence-corrected chi connectivity index (χ4v) is 3.40. The third-order valence-corrected chi connectivity index (χ3v) is 4.63. The normalized spacial score (nSPS) is 25.2. The van der Waals surface area contributed by atoms with Crippen molar-refractivity contribution < 1.29 is 9.90 Å². The number of hydrogen-bond donors (Lipinski definition) is 1. The van der Waals surface area contributed by atoms with Crippen LogP contribution in [-0.2, 0) is 16.8 Å². The molecule has 4 heteroatoms. The number of carboxylic acid groups (broad SMARTS) is 1. The fraction of sp³-hybridized carbons (Fsp3) is 0.333. The predicted molar refractivity (Wildman–Crippen MR) is 84.4 cm³/mol. The molecule has 2 aromatic rings. The van der Waals surface area contributed by atoms with Gasteiger partial charge in [-0.3, -0.25) is 14.7 Å². The molecule has 0 unspecified atom stereocenters. The molecule has 0 aliphatic carbocycles. The van der Waals surface area contributed by atoms with E-state index in [2.05, 4.69) is 22.0 Å². The number of nitrogens with zero attached hydrogens (tertiary/aromatic N) is 2. The van der Waals surface area contributed by atoms with Crippen LogP contribution in [0.1, 0.15) is 18.1 Å². The number of benzene rings is 1. The maximum atomic E-state index is 11.7. The van der Waals surface area contributed by atoms with Gasteiger partial charge in [0.15, 0.2) is 0 Å². The average Bonchev–Trinajstić information content (AvgIpc) is 2.87. The van der Waals surface area contributed by atoms with Crippen LogP contribution in [0.15, 0.2) is 54.9 Å². The van der Waals surface area contributed by atoms with E-state index in [9.17, 15) is 9.90 Å². The minimum absolute atomic E-state index is 0.408. The van der Waals surface area contributed by atoms with Gasteiger partial charge in [0.25, 0.3) is 0 Å². The Morgan fingerprint density at radius 1 is 1.32 bits per heavy atom. The van der Waals surface area contributed by atoms with E-state index in [0.29, 0.717) is 6.54 Å². The minimum atomic E-state index is -0.734. The number of hydrogen-bond acceptors (Lipinski definition) is 3. The molecular weight excluding hydrogens is 276 g/mol. The molecule has 1 fully saturated rings. The largest absolute Gasteiger partial charge is 0.481 e. The zero-order chi connectivity index (χ0) is 15.6. The Morgan fingerprint density at radius 3 is 2.73 bits per heavy atom. The van der Waals surface area contributed by atoms with Gasteiger partial charge >= 0.3 is 5.97 Å². The molecule has 1 aliphatic heterocycles. The average molecular weight is 296 g/mol. The summed E-state index contributed by atoms with van der Waals surface area (Å²) in [5.74, 6) is -1.15. The fourth-order valence-electron chi connectivity index (χ4n) is 3.40. The summed E-state index contributed by atoms with van der Waals surface area (Å²) in [4.78, 5) is 18.1. The van der Waals surface area contributed by atoms with Gasteiger partial charge in [0, 0.05) is 37.4 Å². The van der Waals surface area contributed by atoms with E-state index in [1.807, 2.05) is 37.3 Å². The van der Waals surface area contributed by atoms with Crippen LogP contribution >= 0.6 is 0 Å². The maximum absolute atomic E-state index is 11.7. The Labute approximate surface area is 130 Å². The maximum Gasteiger partial charge on any atom is 0.308 e. The molecule has 0 amide bonds. The van der Waals surface area contributed by atoms with Crippen LogP contribution in [-0.4, -0.2) is 34.0 Å². The molecule has 1 aromatic carbocycles. The van der Waals surface area contributed by atoms with Gasteiger partial charge in [-0.25, -0.2) is 0 Å². The topological polar surface area (TPSA) is 53.4 Å². The lowest BCUT2D eigenvalue weighted by molar-refractivity contribution is -0.142. The van der Waals surface area contributed by atoms with Crippen molar-refractivity contribution in [1.29, 1.82) is 0 Å². The molecule has 2 atom stereocenters. The zero-order valence-corrected chi connectivity index (χ0v) is 12.6. The van der Waals surface area contributed by atoms with E-state index in [1.54, 1.807) is 12.4 Å². The van der Waals surface area contributed by atoms with Gasteiger partial charge in [0.2, 0.25) is 0 Å². The second kappa shape index (κ2) is 5.89.